The molecule has 4 nitrogen and oxygen atoms in total. The van der Waals surface area contributed by atoms with E-state index >= 15 is 0 Å². The normalized spacial score (nSPS) is 25.7. The maximum atomic E-state index is 12.5. The van der Waals surface area contributed by atoms with Gasteiger partial charge in [0.25, 0.3) is 0 Å². The van der Waals surface area contributed by atoms with Crippen molar-refractivity contribution in [3.63, 3.8) is 0 Å². The van der Waals surface area contributed by atoms with Crippen LogP contribution in [-0.4, -0.2) is 61.6 Å². The number of hydrogen-bond acceptors (Lipinski definition) is 4. The van der Waals surface area contributed by atoms with E-state index in [1.807, 2.05) is 4.90 Å². The van der Waals surface area contributed by atoms with Crippen molar-refractivity contribution in [3.05, 3.63) is 0 Å². The molecule has 1 fully saturated rings. The summed E-state index contributed by atoms with van der Waals surface area (Å²) in [5.41, 5.74) is 5.48. The second kappa shape index (κ2) is 8.04. The summed E-state index contributed by atoms with van der Waals surface area (Å²) in [6.45, 7) is 3.02. The predicted octanol–water partition coefficient (Wildman–Crippen LogP) is 0.560. The van der Waals surface area contributed by atoms with Crippen molar-refractivity contribution < 1.29 is 18.3 Å². The van der Waals surface area contributed by atoms with Gasteiger partial charge in [0, 0.05) is 45.2 Å². The van der Waals surface area contributed by atoms with Gasteiger partial charge in [0.15, 0.2) is 0 Å². The number of nitrogens with two attached hydrogens (primary N) is 1. The number of halogens is 3. The number of hydrogen-bond donors (Lipinski definition) is 3. The van der Waals surface area contributed by atoms with E-state index in [2.05, 4.69) is 5.32 Å². The van der Waals surface area contributed by atoms with Crippen LogP contribution >= 0.6 is 0 Å². The Balaban J connectivity index is 2.47. The molecule has 0 aliphatic carbocycles. The molecule has 2 unspecified atom stereocenters. The van der Waals surface area contributed by atoms with Crippen LogP contribution in [0, 0.1) is 5.92 Å². The van der Waals surface area contributed by atoms with E-state index in [1.165, 1.54) is 0 Å². The predicted molar refractivity (Wildman–Crippen MR) is 67.8 cm³/mol. The van der Waals surface area contributed by atoms with Crippen LogP contribution in [0.2, 0.25) is 0 Å². The van der Waals surface area contributed by atoms with Crippen LogP contribution in [0.3, 0.4) is 0 Å². The molecule has 114 valence electrons. The number of aliphatic hydroxyl groups is 1. The molecule has 0 aromatic carbocycles. The van der Waals surface area contributed by atoms with Crippen LogP contribution in [0.5, 0.6) is 0 Å². The standard InChI is InChI=1S/C12H24F3N3O/c13-12(14,15)7-10-6-11(17-3-1-5-19)9-18(8-10)4-2-16/h10-11,17,19H,1-9,16H2. The van der Waals surface area contributed by atoms with Gasteiger partial charge in [-0.2, -0.15) is 13.2 Å². The second-order valence-corrected chi connectivity index (χ2v) is 5.20. The van der Waals surface area contributed by atoms with Crippen molar-refractivity contribution >= 4 is 0 Å². The molecule has 1 heterocycles. The maximum absolute atomic E-state index is 12.5. The minimum absolute atomic E-state index is 0.0548. The third kappa shape index (κ3) is 7.10. The van der Waals surface area contributed by atoms with Crippen molar-refractivity contribution in [1.82, 2.24) is 10.2 Å². The number of likely N-dealkylation sites (tertiary alicyclic amines) is 1. The quantitative estimate of drug-likeness (QED) is 0.598. The third-order valence-corrected chi connectivity index (χ3v) is 3.35. The monoisotopic (exact) mass is 283 g/mol. The minimum Gasteiger partial charge on any atom is -0.396 e. The van der Waals surface area contributed by atoms with E-state index in [9.17, 15) is 13.2 Å². The molecule has 0 saturated carbocycles. The van der Waals surface area contributed by atoms with Crippen LogP contribution in [0.1, 0.15) is 19.3 Å². The second-order valence-electron chi connectivity index (χ2n) is 5.20. The summed E-state index contributed by atoms with van der Waals surface area (Å²) in [5, 5.41) is 11.9. The molecule has 0 bridgehead atoms. The van der Waals surface area contributed by atoms with E-state index in [0.29, 0.717) is 39.0 Å². The lowest BCUT2D eigenvalue weighted by Crippen LogP contribution is -2.51. The van der Waals surface area contributed by atoms with Crippen molar-refractivity contribution in [2.24, 2.45) is 11.7 Å². The Hall–Kier alpha value is -0.370. The minimum atomic E-state index is -4.11. The molecule has 4 N–H and O–H groups in total. The first-order valence-electron chi connectivity index (χ1n) is 6.78. The summed E-state index contributed by atoms with van der Waals surface area (Å²) in [5.74, 6) is -0.369. The zero-order valence-corrected chi connectivity index (χ0v) is 11.1. The number of alkyl halides is 3. The van der Waals surface area contributed by atoms with Crippen molar-refractivity contribution in [1.29, 1.82) is 0 Å². The maximum Gasteiger partial charge on any atom is 0.389 e. The molecule has 1 saturated heterocycles. The van der Waals surface area contributed by atoms with E-state index in [4.69, 9.17) is 10.8 Å². The molecule has 7 heteroatoms. The van der Waals surface area contributed by atoms with Gasteiger partial charge in [-0.15, -0.1) is 0 Å². The van der Waals surface area contributed by atoms with Crippen LogP contribution in [0.4, 0.5) is 13.2 Å². The van der Waals surface area contributed by atoms with Crippen LogP contribution in [-0.2, 0) is 0 Å². The number of nitrogens with zero attached hydrogens (tertiary/aromatic N) is 1. The lowest BCUT2D eigenvalue weighted by molar-refractivity contribution is -0.148. The Morgan fingerprint density at radius 3 is 2.63 bits per heavy atom. The smallest absolute Gasteiger partial charge is 0.389 e. The average molecular weight is 283 g/mol. The van der Waals surface area contributed by atoms with E-state index in [-0.39, 0.29) is 18.6 Å². The number of aliphatic hydroxyl groups excluding tert-OH is 1. The zero-order chi connectivity index (χ0) is 14.3. The molecular weight excluding hydrogens is 259 g/mol. The van der Waals surface area contributed by atoms with Gasteiger partial charge in [-0.3, -0.25) is 0 Å². The van der Waals surface area contributed by atoms with Crippen LogP contribution in [0.25, 0.3) is 0 Å². The molecule has 2 atom stereocenters. The molecule has 1 aliphatic heterocycles. The zero-order valence-electron chi connectivity index (χ0n) is 11.1. The van der Waals surface area contributed by atoms with Crippen molar-refractivity contribution in [2.75, 3.05) is 39.3 Å². The van der Waals surface area contributed by atoms with Crippen LogP contribution < -0.4 is 11.1 Å². The Bertz CT molecular complexity index is 251. The number of rotatable bonds is 7. The highest BCUT2D eigenvalue weighted by molar-refractivity contribution is 4.84. The molecule has 19 heavy (non-hydrogen) atoms. The van der Waals surface area contributed by atoms with Crippen molar-refractivity contribution in [2.45, 2.75) is 31.5 Å². The molecule has 0 spiro atoms. The van der Waals surface area contributed by atoms with Gasteiger partial charge in [-0.1, -0.05) is 0 Å². The Morgan fingerprint density at radius 1 is 1.32 bits per heavy atom. The first-order valence-corrected chi connectivity index (χ1v) is 6.78. The lowest BCUT2D eigenvalue weighted by Gasteiger charge is -2.38. The molecule has 1 rings (SSSR count). The van der Waals surface area contributed by atoms with Gasteiger partial charge >= 0.3 is 6.18 Å². The van der Waals surface area contributed by atoms with E-state index in [1.54, 1.807) is 0 Å². The lowest BCUT2D eigenvalue weighted by atomic mass is 9.91. The van der Waals surface area contributed by atoms with Gasteiger partial charge in [-0.25, -0.2) is 0 Å². The average Bonchev–Trinajstić information content (AvgIpc) is 2.27. The largest absolute Gasteiger partial charge is 0.396 e. The summed E-state index contributed by atoms with van der Waals surface area (Å²) < 4.78 is 37.5. The van der Waals surface area contributed by atoms with Gasteiger partial charge in [-0.05, 0) is 25.3 Å². The van der Waals surface area contributed by atoms with Crippen LogP contribution in [0.15, 0.2) is 0 Å². The Kier molecular flexibility index (Phi) is 7.06. The topological polar surface area (TPSA) is 61.5 Å². The number of piperidine rings is 1. The first kappa shape index (κ1) is 16.7. The van der Waals surface area contributed by atoms with Gasteiger partial charge in [0.2, 0.25) is 0 Å². The molecule has 0 aromatic heterocycles. The highest BCUT2D eigenvalue weighted by Crippen LogP contribution is 2.30. The third-order valence-electron chi connectivity index (χ3n) is 3.35. The molecule has 0 amide bonds. The molecular formula is C12H24F3N3O. The van der Waals surface area contributed by atoms with E-state index < -0.39 is 12.6 Å². The summed E-state index contributed by atoms with van der Waals surface area (Å²) in [6.07, 6.45) is -3.68. The van der Waals surface area contributed by atoms with Gasteiger partial charge < -0.3 is 21.1 Å². The molecule has 0 radical (unpaired) electrons. The number of nitrogens with one attached hydrogen (secondary N) is 1. The fraction of sp³-hybridized carbons (Fsp3) is 1.00. The highest BCUT2D eigenvalue weighted by Gasteiger charge is 2.36. The Morgan fingerprint density at radius 2 is 2.05 bits per heavy atom. The SMILES string of the molecule is NCCN1CC(CC(F)(F)F)CC(NCCCO)C1. The van der Waals surface area contributed by atoms with Crippen molar-refractivity contribution in [3.8, 4) is 0 Å². The summed E-state index contributed by atoms with van der Waals surface area (Å²) in [4.78, 5) is 2.00. The summed E-state index contributed by atoms with van der Waals surface area (Å²) in [6, 6.07) is 0.0548. The highest BCUT2D eigenvalue weighted by atomic mass is 19.4. The van der Waals surface area contributed by atoms with E-state index in [0.717, 1.165) is 6.54 Å². The fourth-order valence-electron chi connectivity index (χ4n) is 2.68. The van der Waals surface area contributed by atoms with Gasteiger partial charge in [0.05, 0.1) is 0 Å². The first-order chi connectivity index (χ1) is 8.94. The molecule has 1 aliphatic rings. The molecule has 0 aromatic rings. The summed E-state index contributed by atoms with van der Waals surface area (Å²) in [7, 11) is 0. The fourth-order valence-corrected chi connectivity index (χ4v) is 2.68. The summed E-state index contributed by atoms with van der Waals surface area (Å²) >= 11 is 0. The van der Waals surface area contributed by atoms with Gasteiger partial charge in [0.1, 0.15) is 0 Å². The Labute approximate surface area is 112 Å².